The lowest BCUT2D eigenvalue weighted by atomic mass is 10.1. The number of aryl methyl sites for hydroxylation is 2. The van der Waals surface area contributed by atoms with Gasteiger partial charge in [-0.2, -0.15) is 0 Å². The Bertz CT molecular complexity index is 1390. The second kappa shape index (κ2) is 13.1. The summed E-state index contributed by atoms with van der Waals surface area (Å²) in [6.07, 6.45) is 0.740. The molecule has 0 aromatic heterocycles. The SMILES string of the molecule is CCC(C)NC(=O)C(C)N(Cc1cccc(C)c1)C(=O)CN(c1ccc(Cl)cc1)S(=O)(=O)c1ccc(C)cc1. The number of carbonyl (C=O) groups is 2. The monoisotopic (exact) mass is 569 g/mol. The summed E-state index contributed by atoms with van der Waals surface area (Å²) in [5.74, 6) is -0.807. The van der Waals surface area contributed by atoms with Crippen LogP contribution in [-0.4, -0.2) is 43.8 Å². The fourth-order valence-electron chi connectivity index (χ4n) is 4.03. The molecule has 0 aliphatic rings. The molecule has 0 aliphatic heterocycles. The van der Waals surface area contributed by atoms with Crippen molar-refractivity contribution < 1.29 is 18.0 Å². The topological polar surface area (TPSA) is 86.8 Å². The highest BCUT2D eigenvalue weighted by molar-refractivity contribution is 7.92. The van der Waals surface area contributed by atoms with Gasteiger partial charge in [0.15, 0.2) is 0 Å². The Morgan fingerprint density at radius 3 is 2.15 bits per heavy atom. The highest BCUT2D eigenvalue weighted by atomic mass is 35.5. The molecule has 9 heteroatoms. The van der Waals surface area contributed by atoms with E-state index < -0.39 is 28.5 Å². The van der Waals surface area contributed by atoms with Gasteiger partial charge in [0, 0.05) is 17.6 Å². The van der Waals surface area contributed by atoms with Gasteiger partial charge in [0.25, 0.3) is 10.0 Å². The largest absolute Gasteiger partial charge is 0.352 e. The van der Waals surface area contributed by atoms with Crippen molar-refractivity contribution in [2.75, 3.05) is 10.8 Å². The van der Waals surface area contributed by atoms with Crippen LogP contribution in [0.5, 0.6) is 0 Å². The van der Waals surface area contributed by atoms with Crippen LogP contribution in [-0.2, 0) is 26.2 Å². The Labute approximate surface area is 236 Å². The average Bonchev–Trinajstić information content (AvgIpc) is 2.90. The first-order valence-electron chi connectivity index (χ1n) is 12.9. The molecule has 208 valence electrons. The molecule has 3 aromatic rings. The van der Waals surface area contributed by atoms with E-state index >= 15 is 0 Å². The fourth-order valence-corrected chi connectivity index (χ4v) is 5.57. The van der Waals surface area contributed by atoms with Gasteiger partial charge in [0.2, 0.25) is 11.8 Å². The predicted molar refractivity (Wildman–Crippen MR) is 156 cm³/mol. The lowest BCUT2D eigenvalue weighted by Gasteiger charge is -2.32. The lowest BCUT2D eigenvalue weighted by molar-refractivity contribution is -0.139. The number of nitrogens with one attached hydrogen (secondary N) is 1. The number of hydrogen-bond acceptors (Lipinski definition) is 4. The Balaban J connectivity index is 2.02. The van der Waals surface area contributed by atoms with Crippen molar-refractivity contribution in [2.45, 2.75) is 64.6 Å². The van der Waals surface area contributed by atoms with Crippen molar-refractivity contribution in [3.05, 3.63) is 94.5 Å². The van der Waals surface area contributed by atoms with Crippen LogP contribution in [0.15, 0.2) is 77.7 Å². The maximum Gasteiger partial charge on any atom is 0.264 e. The smallest absolute Gasteiger partial charge is 0.264 e. The van der Waals surface area contributed by atoms with Crippen LogP contribution in [0.25, 0.3) is 0 Å². The normalized spacial score (nSPS) is 12.9. The van der Waals surface area contributed by atoms with Crippen LogP contribution in [0.2, 0.25) is 5.02 Å². The molecular formula is C30H36ClN3O4S. The van der Waals surface area contributed by atoms with Gasteiger partial charge in [-0.15, -0.1) is 0 Å². The van der Waals surface area contributed by atoms with Gasteiger partial charge in [0.05, 0.1) is 10.6 Å². The minimum absolute atomic E-state index is 0.0589. The quantitative estimate of drug-likeness (QED) is 0.331. The zero-order valence-electron chi connectivity index (χ0n) is 23.0. The number of sulfonamides is 1. The van der Waals surface area contributed by atoms with Crippen molar-refractivity contribution >= 4 is 39.1 Å². The van der Waals surface area contributed by atoms with Crippen LogP contribution < -0.4 is 9.62 Å². The van der Waals surface area contributed by atoms with Crippen LogP contribution in [0.1, 0.15) is 43.9 Å². The van der Waals surface area contributed by atoms with E-state index in [0.717, 1.165) is 27.4 Å². The number of hydrogen-bond donors (Lipinski definition) is 1. The molecule has 0 spiro atoms. The first-order chi connectivity index (χ1) is 18.4. The van der Waals surface area contributed by atoms with Crippen molar-refractivity contribution in [1.82, 2.24) is 10.2 Å². The minimum atomic E-state index is -4.12. The van der Waals surface area contributed by atoms with Gasteiger partial charge in [-0.1, -0.05) is 66.0 Å². The molecule has 0 bridgehead atoms. The number of halogens is 1. The molecular weight excluding hydrogens is 534 g/mol. The minimum Gasteiger partial charge on any atom is -0.352 e. The third kappa shape index (κ3) is 7.83. The maximum atomic E-state index is 13.9. The summed E-state index contributed by atoms with van der Waals surface area (Å²) in [6, 6.07) is 19.5. The number of rotatable bonds is 11. The first kappa shape index (κ1) is 30.2. The fraction of sp³-hybridized carbons (Fsp3) is 0.333. The number of amides is 2. The summed E-state index contributed by atoms with van der Waals surface area (Å²) < 4.78 is 28.7. The summed E-state index contributed by atoms with van der Waals surface area (Å²) in [6.45, 7) is 8.99. The molecule has 0 aliphatic carbocycles. The third-order valence-corrected chi connectivity index (χ3v) is 8.65. The van der Waals surface area contributed by atoms with Crippen molar-refractivity contribution in [3.8, 4) is 0 Å². The molecule has 0 radical (unpaired) electrons. The third-order valence-electron chi connectivity index (χ3n) is 6.61. The second-order valence-electron chi connectivity index (χ2n) is 9.81. The van der Waals surface area contributed by atoms with Gasteiger partial charge in [-0.25, -0.2) is 8.42 Å². The molecule has 0 heterocycles. The molecule has 3 rings (SSSR count). The zero-order chi connectivity index (χ0) is 28.7. The highest BCUT2D eigenvalue weighted by Crippen LogP contribution is 2.26. The average molecular weight is 570 g/mol. The number of nitrogens with zero attached hydrogens (tertiary/aromatic N) is 2. The van der Waals surface area contributed by atoms with E-state index in [0.29, 0.717) is 10.7 Å². The van der Waals surface area contributed by atoms with Crippen LogP contribution in [0, 0.1) is 13.8 Å². The van der Waals surface area contributed by atoms with Crippen LogP contribution >= 0.6 is 11.6 Å². The molecule has 0 saturated heterocycles. The lowest BCUT2D eigenvalue weighted by Crippen LogP contribution is -2.52. The molecule has 0 saturated carbocycles. The van der Waals surface area contributed by atoms with E-state index in [9.17, 15) is 18.0 Å². The Hall–Kier alpha value is -3.36. The summed E-state index contributed by atoms with van der Waals surface area (Å²) in [5, 5.41) is 3.37. The molecule has 0 fully saturated rings. The molecule has 7 nitrogen and oxygen atoms in total. The summed E-state index contributed by atoms with van der Waals surface area (Å²) in [4.78, 5) is 28.5. The Morgan fingerprint density at radius 2 is 1.56 bits per heavy atom. The van der Waals surface area contributed by atoms with Gasteiger partial charge >= 0.3 is 0 Å². The molecule has 2 amide bonds. The van der Waals surface area contributed by atoms with E-state index in [1.165, 1.54) is 17.0 Å². The molecule has 2 atom stereocenters. The highest BCUT2D eigenvalue weighted by Gasteiger charge is 2.32. The van der Waals surface area contributed by atoms with Crippen LogP contribution in [0.3, 0.4) is 0 Å². The predicted octanol–water partition coefficient (Wildman–Crippen LogP) is 5.48. The second-order valence-corrected chi connectivity index (χ2v) is 12.1. The molecule has 3 aromatic carbocycles. The van der Waals surface area contributed by atoms with E-state index in [1.54, 1.807) is 43.3 Å². The van der Waals surface area contributed by atoms with E-state index in [2.05, 4.69) is 5.32 Å². The molecule has 2 unspecified atom stereocenters. The molecule has 1 N–H and O–H groups in total. The summed E-state index contributed by atoms with van der Waals surface area (Å²) >= 11 is 6.07. The maximum absolute atomic E-state index is 13.9. The van der Waals surface area contributed by atoms with Crippen LogP contribution in [0.4, 0.5) is 5.69 Å². The summed E-state index contributed by atoms with van der Waals surface area (Å²) in [5.41, 5.74) is 3.06. The van der Waals surface area contributed by atoms with E-state index in [-0.39, 0.29) is 23.4 Å². The summed E-state index contributed by atoms with van der Waals surface area (Å²) in [7, 11) is -4.12. The Morgan fingerprint density at radius 1 is 0.923 bits per heavy atom. The number of carbonyl (C=O) groups excluding carboxylic acids is 2. The van der Waals surface area contributed by atoms with Crippen molar-refractivity contribution in [2.24, 2.45) is 0 Å². The first-order valence-corrected chi connectivity index (χ1v) is 14.7. The standard InChI is InChI=1S/C30H36ClN3O4S/c1-6-23(4)32-30(36)24(5)33(19-25-9-7-8-22(3)18-25)29(35)20-34(27-14-12-26(31)13-15-27)39(37,38)28-16-10-21(2)11-17-28/h7-18,23-24H,6,19-20H2,1-5H3,(H,32,36). The van der Waals surface area contributed by atoms with E-state index in [4.69, 9.17) is 11.6 Å². The van der Waals surface area contributed by atoms with Gasteiger partial charge in [0.1, 0.15) is 12.6 Å². The van der Waals surface area contributed by atoms with Gasteiger partial charge < -0.3 is 10.2 Å². The number of anilines is 1. The van der Waals surface area contributed by atoms with E-state index in [1.807, 2.05) is 52.0 Å². The van der Waals surface area contributed by atoms with Crippen molar-refractivity contribution in [1.29, 1.82) is 0 Å². The zero-order valence-corrected chi connectivity index (χ0v) is 24.6. The van der Waals surface area contributed by atoms with Crippen molar-refractivity contribution in [3.63, 3.8) is 0 Å². The van der Waals surface area contributed by atoms with Gasteiger partial charge in [-0.05, 0) is 76.1 Å². The molecule has 39 heavy (non-hydrogen) atoms. The Kier molecular flexibility index (Phi) is 10.2. The number of benzene rings is 3. The van der Waals surface area contributed by atoms with Gasteiger partial charge in [-0.3, -0.25) is 13.9 Å².